The molecule has 0 aromatic heterocycles. The van der Waals surface area contributed by atoms with Crippen LogP contribution in [0.3, 0.4) is 0 Å². The van der Waals surface area contributed by atoms with E-state index >= 15 is 0 Å². The zero-order valence-corrected chi connectivity index (χ0v) is 15.4. The molecule has 8 nitrogen and oxygen atoms in total. The molecule has 1 spiro atoms. The van der Waals surface area contributed by atoms with Crippen molar-refractivity contribution in [3.63, 3.8) is 0 Å². The average Bonchev–Trinajstić information content (AvgIpc) is 2.91. The molecule has 0 bridgehead atoms. The lowest BCUT2D eigenvalue weighted by Gasteiger charge is -2.35. The largest absolute Gasteiger partial charge is 0.463 e. The maximum atomic E-state index is 13.1. The monoisotopic (exact) mass is 372 g/mol. The van der Waals surface area contributed by atoms with Gasteiger partial charge in [-0.2, -0.15) is 0 Å². The molecule has 1 atom stereocenters. The topological polar surface area (TPSA) is 117 Å². The van der Waals surface area contributed by atoms with Crippen LogP contribution >= 0.6 is 0 Å². The first-order valence-electron chi connectivity index (χ1n) is 8.34. The highest BCUT2D eigenvalue weighted by molar-refractivity contribution is 6.13. The lowest BCUT2D eigenvalue weighted by atomic mass is 9.71. The van der Waals surface area contributed by atoms with Crippen LogP contribution in [-0.2, 0) is 34.0 Å². The van der Waals surface area contributed by atoms with Crippen molar-refractivity contribution in [3.05, 3.63) is 52.6 Å². The Morgan fingerprint density at radius 2 is 1.85 bits per heavy atom. The number of nitrogens with two attached hydrogens (primary N) is 1. The number of nitrogens with one attached hydrogen (secondary N) is 1. The Bertz CT molecular complexity index is 915. The Morgan fingerprint density at radius 1 is 1.19 bits per heavy atom. The molecule has 0 fully saturated rings. The van der Waals surface area contributed by atoms with Crippen molar-refractivity contribution in [2.24, 2.45) is 5.73 Å². The average molecular weight is 372 g/mol. The second-order valence-electron chi connectivity index (χ2n) is 6.49. The molecule has 2 aliphatic heterocycles. The van der Waals surface area contributed by atoms with Crippen LogP contribution in [0.5, 0.6) is 0 Å². The highest BCUT2D eigenvalue weighted by Crippen LogP contribution is 2.50. The molecule has 0 aliphatic carbocycles. The van der Waals surface area contributed by atoms with E-state index in [1.165, 1.54) is 0 Å². The lowest BCUT2D eigenvalue weighted by molar-refractivity contribution is -0.148. The smallest absolute Gasteiger partial charge is 0.375 e. The third-order valence-corrected chi connectivity index (χ3v) is 4.57. The summed E-state index contributed by atoms with van der Waals surface area (Å²) in [6, 6.07) is 6.91. The van der Waals surface area contributed by atoms with Crippen LogP contribution in [0.1, 0.15) is 26.3 Å². The molecule has 0 radical (unpaired) electrons. The van der Waals surface area contributed by atoms with E-state index in [1.807, 2.05) is 0 Å². The second kappa shape index (κ2) is 6.46. The summed E-state index contributed by atoms with van der Waals surface area (Å²) in [6.45, 7) is 4.91. The van der Waals surface area contributed by atoms with Gasteiger partial charge in [0.05, 0.1) is 18.9 Å². The van der Waals surface area contributed by atoms with E-state index < -0.39 is 35.1 Å². The van der Waals surface area contributed by atoms with E-state index in [0.717, 1.165) is 7.11 Å². The summed E-state index contributed by atoms with van der Waals surface area (Å²) in [4.78, 5) is 37.9. The minimum atomic E-state index is -1.57. The van der Waals surface area contributed by atoms with Crippen molar-refractivity contribution >= 4 is 23.5 Å². The molecular weight excluding hydrogens is 352 g/mol. The number of carbonyl (C=O) groups excluding carboxylic acids is 3. The van der Waals surface area contributed by atoms with Crippen molar-refractivity contribution in [1.82, 2.24) is 0 Å². The van der Waals surface area contributed by atoms with Gasteiger partial charge in [0.2, 0.25) is 17.4 Å². The van der Waals surface area contributed by atoms with Gasteiger partial charge in [0, 0.05) is 16.8 Å². The normalized spacial score (nSPS) is 21.1. The predicted octanol–water partition coefficient (Wildman–Crippen LogP) is 1.48. The van der Waals surface area contributed by atoms with Gasteiger partial charge in [0.1, 0.15) is 5.41 Å². The van der Waals surface area contributed by atoms with Gasteiger partial charge in [-0.15, -0.1) is 0 Å². The van der Waals surface area contributed by atoms with Crippen LogP contribution in [0.4, 0.5) is 5.69 Å². The molecule has 3 rings (SSSR count). The van der Waals surface area contributed by atoms with Gasteiger partial charge in [0.25, 0.3) is 0 Å². The number of anilines is 1. The first kappa shape index (κ1) is 18.5. The number of amides is 1. The molecule has 27 heavy (non-hydrogen) atoms. The molecule has 2 aliphatic rings. The maximum Gasteiger partial charge on any atom is 0.375 e. The Hall–Kier alpha value is -3.29. The number of fused-ring (bicyclic) bond motifs is 2. The summed E-state index contributed by atoms with van der Waals surface area (Å²) in [6.07, 6.45) is -0.424. The zero-order valence-electron chi connectivity index (χ0n) is 15.4. The summed E-state index contributed by atoms with van der Waals surface area (Å²) in [5.74, 6) is -2.85. The Kier molecular flexibility index (Phi) is 4.43. The van der Waals surface area contributed by atoms with Gasteiger partial charge in [0.15, 0.2) is 0 Å². The van der Waals surface area contributed by atoms with Gasteiger partial charge in [-0.25, -0.2) is 9.59 Å². The van der Waals surface area contributed by atoms with Crippen LogP contribution in [0, 0.1) is 0 Å². The lowest BCUT2D eigenvalue weighted by Crippen LogP contribution is -2.46. The molecule has 1 unspecified atom stereocenters. The number of hydrogen-bond acceptors (Lipinski definition) is 7. The van der Waals surface area contributed by atoms with Crippen LogP contribution in [0.15, 0.2) is 47.1 Å². The Balaban J connectivity index is 2.31. The SMILES string of the molecule is COC(=O)C1=C(N)C2(C(=O)Nc3ccccc32)C(C)=C(C(=O)OC(C)C)O1. The number of esters is 2. The zero-order chi connectivity index (χ0) is 19.9. The third kappa shape index (κ3) is 2.56. The standard InChI is InChI=1S/C19H20N2O6/c1-9(2)26-17(23)13-10(3)19(15(20)14(27-13)16(22)25-4)11-7-5-6-8-12(11)21-18(19)24/h5-9H,20H2,1-4H3,(H,21,24). The van der Waals surface area contributed by atoms with Gasteiger partial charge >= 0.3 is 11.9 Å². The molecule has 142 valence electrons. The van der Waals surface area contributed by atoms with Crippen molar-refractivity contribution in [2.45, 2.75) is 32.3 Å². The number of benzene rings is 1. The van der Waals surface area contributed by atoms with E-state index in [-0.39, 0.29) is 17.0 Å². The number of ether oxygens (including phenoxy) is 3. The molecule has 1 aromatic carbocycles. The number of methoxy groups -OCH3 is 1. The van der Waals surface area contributed by atoms with Gasteiger partial charge < -0.3 is 25.3 Å². The second-order valence-corrected chi connectivity index (χ2v) is 6.49. The minimum Gasteiger partial charge on any atom is -0.463 e. The molecule has 0 saturated carbocycles. The van der Waals surface area contributed by atoms with Crippen LogP contribution in [-0.4, -0.2) is 31.1 Å². The fraction of sp³-hybridized carbons (Fsp3) is 0.316. The van der Waals surface area contributed by atoms with E-state index in [1.54, 1.807) is 45.0 Å². The van der Waals surface area contributed by atoms with E-state index in [0.29, 0.717) is 11.3 Å². The van der Waals surface area contributed by atoms with Crippen LogP contribution < -0.4 is 11.1 Å². The maximum absolute atomic E-state index is 13.1. The summed E-state index contributed by atoms with van der Waals surface area (Å²) in [5.41, 5.74) is 5.84. The quantitative estimate of drug-likeness (QED) is 0.772. The number of rotatable bonds is 3. The van der Waals surface area contributed by atoms with Crippen molar-refractivity contribution in [2.75, 3.05) is 12.4 Å². The Labute approximate surface area is 155 Å². The molecule has 2 heterocycles. The first-order valence-corrected chi connectivity index (χ1v) is 8.34. The molecule has 0 saturated heterocycles. The molecule has 1 aromatic rings. The molecular formula is C19H20N2O6. The van der Waals surface area contributed by atoms with Gasteiger partial charge in [-0.05, 0) is 26.8 Å². The molecule has 3 N–H and O–H groups in total. The molecule has 8 heteroatoms. The minimum absolute atomic E-state index is 0.143. The predicted molar refractivity (Wildman–Crippen MR) is 95.0 cm³/mol. The van der Waals surface area contributed by atoms with Crippen LogP contribution in [0.25, 0.3) is 0 Å². The fourth-order valence-corrected chi connectivity index (χ4v) is 3.38. The fourth-order valence-electron chi connectivity index (χ4n) is 3.38. The third-order valence-electron chi connectivity index (χ3n) is 4.57. The van der Waals surface area contributed by atoms with E-state index in [2.05, 4.69) is 5.32 Å². The highest BCUT2D eigenvalue weighted by atomic mass is 16.6. The number of para-hydroxylation sites is 1. The Morgan fingerprint density at radius 3 is 2.48 bits per heavy atom. The summed E-state index contributed by atoms with van der Waals surface area (Å²) in [5, 5.41) is 2.75. The van der Waals surface area contributed by atoms with Gasteiger partial charge in [-0.1, -0.05) is 18.2 Å². The van der Waals surface area contributed by atoms with Crippen molar-refractivity contribution < 1.29 is 28.6 Å². The summed E-state index contributed by atoms with van der Waals surface area (Å²) in [7, 11) is 1.15. The molecule has 1 amide bonds. The van der Waals surface area contributed by atoms with Crippen molar-refractivity contribution in [1.29, 1.82) is 0 Å². The van der Waals surface area contributed by atoms with Crippen LogP contribution in [0.2, 0.25) is 0 Å². The van der Waals surface area contributed by atoms with Gasteiger partial charge in [-0.3, -0.25) is 4.79 Å². The van der Waals surface area contributed by atoms with E-state index in [4.69, 9.17) is 19.9 Å². The highest BCUT2D eigenvalue weighted by Gasteiger charge is 2.57. The van der Waals surface area contributed by atoms with Crippen molar-refractivity contribution in [3.8, 4) is 0 Å². The first-order chi connectivity index (χ1) is 12.7. The van der Waals surface area contributed by atoms with E-state index in [9.17, 15) is 14.4 Å². The number of carbonyl (C=O) groups is 3. The summed E-state index contributed by atoms with van der Waals surface area (Å²) >= 11 is 0. The number of hydrogen-bond donors (Lipinski definition) is 2. The summed E-state index contributed by atoms with van der Waals surface area (Å²) < 4.78 is 15.4.